The lowest BCUT2D eigenvalue weighted by atomic mass is 9.82. The third-order valence-electron chi connectivity index (χ3n) is 4.40. The molecule has 0 spiro atoms. The van der Waals surface area contributed by atoms with Gasteiger partial charge in [0.2, 0.25) is 5.88 Å². The fourth-order valence-corrected chi connectivity index (χ4v) is 3.39. The molecule has 0 fully saturated rings. The molecule has 3 N–H and O–H groups in total. The van der Waals surface area contributed by atoms with E-state index in [0.29, 0.717) is 16.3 Å². The van der Waals surface area contributed by atoms with E-state index in [2.05, 4.69) is 6.07 Å². The monoisotopic (exact) mass is 348 g/mol. The first-order valence-corrected chi connectivity index (χ1v) is 8.05. The van der Waals surface area contributed by atoms with Crippen molar-refractivity contribution in [2.24, 2.45) is 5.73 Å². The predicted molar refractivity (Wildman–Crippen MR) is 96.4 cm³/mol. The number of benzene rings is 3. The molecule has 1 heterocycles. The van der Waals surface area contributed by atoms with Crippen LogP contribution in [-0.2, 0) is 0 Å². The van der Waals surface area contributed by atoms with Crippen LogP contribution in [0.25, 0.3) is 10.8 Å². The maximum Gasteiger partial charge on any atom is 0.205 e. The quantitative estimate of drug-likeness (QED) is 0.682. The molecule has 3 aromatic carbocycles. The fourth-order valence-electron chi connectivity index (χ4n) is 3.26. The first kappa shape index (κ1) is 15.4. The summed E-state index contributed by atoms with van der Waals surface area (Å²) < 4.78 is 5.75. The van der Waals surface area contributed by atoms with Crippen LogP contribution in [0.2, 0.25) is 5.02 Å². The summed E-state index contributed by atoms with van der Waals surface area (Å²) in [5.74, 6) is 0.0716. The molecule has 5 heteroatoms. The molecule has 1 aliphatic rings. The normalized spacial score (nSPS) is 16.2. The number of hydrogen-bond donors (Lipinski definition) is 2. The number of phenolic OH excluding ortho intramolecular Hbond substituents is 1. The molecule has 0 bridgehead atoms. The van der Waals surface area contributed by atoms with E-state index in [1.807, 2.05) is 36.4 Å². The Morgan fingerprint density at radius 3 is 2.56 bits per heavy atom. The molecule has 3 aromatic rings. The van der Waals surface area contributed by atoms with E-state index in [-0.39, 0.29) is 17.2 Å². The minimum absolute atomic E-state index is 0.0469. The number of allylic oxidation sites excluding steroid dienone is 1. The summed E-state index contributed by atoms with van der Waals surface area (Å²) in [7, 11) is 0. The lowest BCUT2D eigenvalue weighted by Gasteiger charge is -2.28. The van der Waals surface area contributed by atoms with Crippen LogP contribution in [0.3, 0.4) is 0 Å². The van der Waals surface area contributed by atoms with Gasteiger partial charge in [-0.05, 0) is 29.1 Å². The van der Waals surface area contributed by atoms with Gasteiger partial charge in [0, 0.05) is 10.4 Å². The molecule has 0 aliphatic carbocycles. The molecule has 4 rings (SSSR count). The number of aromatic hydroxyl groups is 1. The van der Waals surface area contributed by atoms with Crippen LogP contribution in [0.15, 0.2) is 66.1 Å². The molecule has 1 aliphatic heterocycles. The van der Waals surface area contributed by atoms with Gasteiger partial charge in [0.1, 0.15) is 23.1 Å². The van der Waals surface area contributed by atoms with Crippen molar-refractivity contribution in [2.45, 2.75) is 5.92 Å². The van der Waals surface area contributed by atoms with Crippen molar-refractivity contribution < 1.29 is 9.84 Å². The zero-order valence-corrected chi connectivity index (χ0v) is 13.8. The number of halogens is 1. The summed E-state index contributed by atoms with van der Waals surface area (Å²) in [6, 6.07) is 18.5. The highest BCUT2D eigenvalue weighted by Crippen LogP contribution is 2.49. The number of phenols is 1. The van der Waals surface area contributed by atoms with E-state index < -0.39 is 5.92 Å². The Bertz CT molecular complexity index is 1070. The van der Waals surface area contributed by atoms with Gasteiger partial charge in [-0.25, -0.2) is 0 Å². The summed E-state index contributed by atoms with van der Waals surface area (Å²) in [5, 5.41) is 22.5. The Labute approximate surface area is 149 Å². The fraction of sp³-hybridized carbons (Fsp3) is 0.0500. The lowest BCUT2D eigenvalue weighted by Crippen LogP contribution is -2.21. The third kappa shape index (κ3) is 2.37. The van der Waals surface area contributed by atoms with Gasteiger partial charge >= 0.3 is 0 Å². The molecule has 0 aromatic heterocycles. The van der Waals surface area contributed by atoms with Gasteiger partial charge in [0.25, 0.3) is 0 Å². The molecule has 0 unspecified atom stereocenters. The smallest absolute Gasteiger partial charge is 0.205 e. The molecule has 0 saturated heterocycles. The molecular weight excluding hydrogens is 336 g/mol. The average Bonchev–Trinajstić information content (AvgIpc) is 2.61. The maximum atomic E-state index is 10.7. The van der Waals surface area contributed by atoms with E-state index in [9.17, 15) is 10.4 Å². The molecule has 0 amide bonds. The van der Waals surface area contributed by atoms with Crippen molar-refractivity contribution in [3.8, 4) is 17.6 Å². The van der Waals surface area contributed by atoms with Gasteiger partial charge < -0.3 is 15.6 Å². The van der Waals surface area contributed by atoms with Crippen LogP contribution in [0, 0.1) is 11.3 Å². The largest absolute Gasteiger partial charge is 0.507 e. The second-order valence-electron chi connectivity index (χ2n) is 5.84. The Balaban J connectivity index is 2.06. The minimum Gasteiger partial charge on any atom is -0.507 e. The van der Waals surface area contributed by atoms with Crippen LogP contribution < -0.4 is 10.5 Å². The van der Waals surface area contributed by atoms with E-state index in [0.717, 1.165) is 16.3 Å². The lowest BCUT2D eigenvalue weighted by molar-refractivity contribution is 0.387. The van der Waals surface area contributed by atoms with Gasteiger partial charge in [-0.1, -0.05) is 48.0 Å². The van der Waals surface area contributed by atoms with E-state index in [1.54, 1.807) is 18.2 Å². The van der Waals surface area contributed by atoms with Crippen LogP contribution in [0.1, 0.15) is 17.0 Å². The third-order valence-corrected chi connectivity index (χ3v) is 4.65. The standard InChI is InChI=1S/C20H13ClN2O2/c21-13-7-5-11(6-8-13)17-15(10-22)20(23)25-19-14-4-2-1-3-12(14)9-16(24)18(17)19/h1-9,17,24H,23H2/t17-/m1/s1. The summed E-state index contributed by atoms with van der Waals surface area (Å²) in [5.41, 5.74) is 7.63. The Morgan fingerprint density at radius 1 is 1.12 bits per heavy atom. The summed E-state index contributed by atoms with van der Waals surface area (Å²) >= 11 is 5.98. The van der Waals surface area contributed by atoms with Gasteiger partial charge in [-0.3, -0.25) is 0 Å². The summed E-state index contributed by atoms with van der Waals surface area (Å²) in [4.78, 5) is 0. The summed E-state index contributed by atoms with van der Waals surface area (Å²) in [6.07, 6.45) is 0. The number of nitriles is 1. The van der Waals surface area contributed by atoms with E-state index >= 15 is 0 Å². The number of ether oxygens (including phenoxy) is 1. The molecular formula is C20H13ClN2O2. The highest BCUT2D eigenvalue weighted by molar-refractivity contribution is 6.30. The van der Waals surface area contributed by atoms with E-state index in [1.165, 1.54) is 0 Å². The molecule has 0 radical (unpaired) electrons. The Morgan fingerprint density at radius 2 is 1.84 bits per heavy atom. The van der Waals surface area contributed by atoms with Gasteiger partial charge in [-0.15, -0.1) is 0 Å². The minimum atomic E-state index is -0.518. The van der Waals surface area contributed by atoms with Crippen LogP contribution in [0.4, 0.5) is 0 Å². The highest BCUT2D eigenvalue weighted by atomic mass is 35.5. The van der Waals surface area contributed by atoms with Crippen LogP contribution >= 0.6 is 11.6 Å². The molecule has 1 atom stereocenters. The first-order chi connectivity index (χ1) is 12.1. The van der Waals surface area contributed by atoms with Gasteiger partial charge in [0.05, 0.1) is 11.5 Å². The highest BCUT2D eigenvalue weighted by Gasteiger charge is 2.34. The first-order valence-electron chi connectivity index (χ1n) is 7.68. The van der Waals surface area contributed by atoms with Crippen molar-refractivity contribution >= 4 is 22.4 Å². The van der Waals surface area contributed by atoms with Crippen LogP contribution in [0.5, 0.6) is 11.5 Å². The Kier molecular flexibility index (Phi) is 3.52. The number of rotatable bonds is 1. The van der Waals surface area contributed by atoms with Crippen molar-refractivity contribution in [1.29, 1.82) is 5.26 Å². The topological polar surface area (TPSA) is 79.3 Å². The van der Waals surface area contributed by atoms with Gasteiger partial charge in [0.15, 0.2) is 0 Å². The number of nitrogens with zero attached hydrogens (tertiary/aromatic N) is 1. The zero-order chi connectivity index (χ0) is 17.6. The Hall–Kier alpha value is -3.16. The molecule has 25 heavy (non-hydrogen) atoms. The van der Waals surface area contributed by atoms with Crippen LogP contribution in [-0.4, -0.2) is 5.11 Å². The van der Waals surface area contributed by atoms with Crippen molar-refractivity contribution in [3.05, 3.63) is 82.2 Å². The SMILES string of the molecule is N#CC1=C(N)Oc2c(c(O)cc3ccccc23)[C@@H]1c1ccc(Cl)cc1. The van der Waals surface area contributed by atoms with E-state index in [4.69, 9.17) is 22.1 Å². The summed E-state index contributed by atoms with van der Waals surface area (Å²) in [6.45, 7) is 0. The number of nitrogens with two attached hydrogens (primary N) is 1. The van der Waals surface area contributed by atoms with Crippen molar-refractivity contribution in [2.75, 3.05) is 0 Å². The zero-order valence-electron chi connectivity index (χ0n) is 13.0. The predicted octanol–water partition coefficient (Wildman–Crippen LogP) is 4.42. The van der Waals surface area contributed by atoms with Crippen molar-refractivity contribution in [1.82, 2.24) is 0 Å². The number of hydrogen-bond acceptors (Lipinski definition) is 4. The maximum absolute atomic E-state index is 10.7. The van der Waals surface area contributed by atoms with Gasteiger partial charge in [-0.2, -0.15) is 5.26 Å². The average molecular weight is 349 g/mol. The van der Waals surface area contributed by atoms with Crippen molar-refractivity contribution in [3.63, 3.8) is 0 Å². The second-order valence-corrected chi connectivity index (χ2v) is 6.27. The number of fused-ring (bicyclic) bond motifs is 3. The molecule has 122 valence electrons. The second kappa shape index (κ2) is 5.73. The molecule has 0 saturated carbocycles. The molecule has 4 nitrogen and oxygen atoms in total.